The van der Waals surface area contributed by atoms with Crippen molar-refractivity contribution in [2.75, 3.05) is 7.11 Å². The average Bonchev–Trinajstić information content (AvgIpc) is 2.44. The van der Waals surface area contributed by atoms with Crippen LogP contribution >= 0.6 is 0 Å². The first-order chi connectivity index (χ1) is 10.0. The maximum Gasteiger partial charge on any atom is 0.334 e. The smallest absolute Gasteiger partial charge is 0.334 e. The van der Waals surface area contributed by atoms with Crippen molar-refractivity contribution in [3.05, 3.63) is 40.9 Å². The minimum atomic E-state index is -0.572. The van der Waals surface area contributed by atoms with Gasteiger partial charge in [-0.1, -0.05) is 0 Å². The number of aryl methyl sites for hydroxylation is 1. The van der Waals surface area contributed by atoms with Gasteiger partial charge >= 0.3 is 5.97 Å². The van der Waals surface area contributed by atoms with Crippen molar-refractivity contribution in [1.29, 1.82) is 0 Å². The summed E-state index contributed by atoms with van der Waals surface area (Å²) in [7, 11) is 1.47. The van der Waals surface area contributed by atoms with Crippen LogP contribution in [-0.4, -0.2) is 29.4 Å². The fourth-order valence-electron chi connectivity index (χ4n) is 2.29. The van der Waals surface area contributed by atoms with Gasteiger partial charge < -0.3 is 19.7 Å². The molecule has 1 aliphatic heterocycles. The second kappa shape index (κ2) is 6.58. The molecule has 0 spiro atoms. The Kier molecular flexibility index (Phi) is 4.80. The summed E-state index contributed by atoms with van der Waals surface area (Å²) in [6, 6.07) is 2.76. The van der Waals surface area contributed by atoms with Gasteiger partial charge in [0.05, 0.1) is 19.8 Å². The molecule has 114 valence electrons. The van der Waals surface area contributed by atoms with Crippen molar-refractivity contribution in [3.8, 4) is 5.75 Å². The van der Waals surface area contributed by atoms with Gasteiger partial charge in [-0.3, -0.25) is 0 Å². The van der Waals surface area contributed by atoms with Gasteiger partial charge in [-0.25, -0.2) is 9.18 Å². The predicted molar refractivity (Wildman–Crippen MR) is 72.4 cm³/mol. The summed E-state index contributed by atoms with van der Waals surface area (Å²) in [6.45, 7) is -0.401. The Labute approximate surface area is 121 Å². The molecular formula is C15H17FO5. The van der Waals surface area contributed by atoms with E-state index in [1.54, 1.807) is 0 Å². The van der Waals surface area contributed by atoms with Gasteiger partial charge in [-0.05, 0) is 30.5 Å². The van der Waals surface area contributed by atoms with Crippen LogP contribution in [0.1, 0.15) is 24.0 Å². The predicted octanol–water partition coefficient (Wildman–Crippen LogP) is 2.02. The molecular weight excluding hydrogens is 279 g/mol. The molecule has 5 nitrogen and oxygen atoms in total. The molecule has 2 N–H and O–H groups in total. The van der Waals surface area contributed by atoms with Crippen LogP contribution in [0.3, 0.4) is 0 Å². The normalized spacial score (nSPS) is 18.1. The Morgan fingerprint density at radius 1 is 1.43 bits per heavy atom. The van der Waals surface area contributed by atoms with E-state index in [2.05, 4.69) is 0 Å². The van der Waals surface area contributed by atoms with Crippen LogP contribution in [0.15, 0.2) is 24.0 Å². The van der Waals surface area contributed by atoms with E-state index < -0.39 is 24.5 Å². The Morgan fingerprint density at radius 3 is 2.81 bits per heavy atom. The lowest BCUT2D eigenvalue weighted by Gasteiger charge is -2.21. The minimum Gasteiger partial charge on any atom is -0.512 e. The van der Waals surface area contributed by atoms with E-state index in [1.807, 2.05) is 0 Å². The topological polar surface area (TPSA) is 76.0 Å². The van der Waals surface area contributed by atoms with Gasteiger partial charge in [-0.2, -0.15) is 0 Å². The van der Waals surface area contributed by atoms with Crippen LogP contribution in [0.4, 0.5) is 4.39 Å². The number of esters is 1. The average molecular weight is 296 g/mol. The second-order valence-electron chi connectivity index (χ2n) is 4.85. The Hall–Kier alpha value is -2.08. The van der Waals surface area contributed by atoms with Crippen LogP contribution in [0, 0.1) is 5.82 Å². The highest BCUT2D eigenvalue weighted by Crippen LogP contribution is 2.26. The number of aliphatic hydroxyl groups excluding tert-OH is 2. The monoisotopic (exact) mass is 296 g/mol. The molecule has 0 bridgehead atoms. The number of halogens is 1. The van der Waals surface area contributed by atoms with Gasteiger partial charge in [0.2, 0.25) is 0 Å². The summed E-state index contributed by atoms with van der Waals surface area (Å²) >= 11 is 0. The van der Waals surface area contributed by atoms with Crippen molar-refractivity contribution in [2.24, 2.45) is 0 Å². The number of rotatable bonds is 5. The van der Waals surface area contributed by atoms with Gasteiger partial charge in [0.15, 0.2) is 0 Å². The van der Waals surface area contributed by atoms with Crippen molar-refractivity contribution in [3.63, 3.8) is 0 Å². The molecule has 0 amide bonds. The molecule has 1 aromatic rings. The van der Waals surface area contributed by atoms with Gasteiger partial charge in [0.25, 0.3) is 0 Å². The van der Waals surface area contributed by atoms with E-state index in [1.165, 1.54) is 19.2 Å². The van der Waals surface area contributed by atoms with Crippen LogP contribution in [0.2, 0.25) is 0 Å². The summed E-state index contributed by atoms with van der Waals surface area (Å²) in [5, 5.41) is 18.4. The lowest BCUT2D eigenvalue weighted by Crippen LogP contribution is -2.23. The van der Waals surface area contributed by atoms with Crippen molar-refractivity contribution < 1.29 is 28.9 Å². The maximum atomic E-state index is 13.7. The fourth-order valence-corrected chi connectivity index (χ4v) is 2.29. The summed E-state index contributed by atoms with van der Waals surface area (Å²) in [4.78, 5) is 11.2. The number of benzene rings is 1. The first-order valence-electron chi connectivity index (χ1n) is 6.59. The SMILES string of the molecule is COc1cc(CO)c(F)cc1CCC1CC(O)=CC(=O)O1. The maximum absolute atomic E-state index is 13.7. The highest BCUT2D eigenvalue weighted by Gasteiger charge is 2.22. The van der Waals surface area contributed by atoms with Crippen molar-refractivity contribution in [1.82, 2.24) is 0 Å². The third kappa shape index (κ3) is 3.72. The van der Waals surface area contributed by atoms with Gasteiger partial charge in [0.1, 0.15) is 23.4 Å². The summed E-state index contributed by atoms with van der Waals surface area (Å²) in [5.41, 5.74) is 0.789. The molecule has 0 aliphatic carbocycles. The molecule has 1 aliphatic rings. The van der Waals surface area contributed by atoms with E-state index in [-0.39, 0.29) is 17.7 Å². The molecule has 0 saturated heterocycles. The molecule has 1 atom stereocenters. The van der Waals surface area contributed by atoms with Gasteiger partial charge in [-0.15, -0.1) is 0 Å². The quantitative estimate of drug-likeness (QED) is 0.813. The molecule has 0 fully saturated rings. The van der Waals surface area contributed by atoms with E-state index in [9.17, 15) is 14.3 Å². The highest BCUT2D eigenvalue weighted by molar-refractivity contribution is 5.83. The number of carbonyl (C=O) groups is 1. The zero-order chi connectivity index (χ0) is 15.4. The lowest BCUT2D eigenvalue weighted by atomic mass is 10.0. The Morgan fingerprint density at radius 2 is 2.19 bits per heavy atom. The van der Waals surface area contributed by atoms with E-state index >= 15 is 0 Å². The van der Waals surface area contributed by atoms with E-state index in [0.29, 0.717) is 24.2 Å². The first kappa shape index (κ1) is 15.3. The molecule has 6 heteroatoms. The zero-order valence-corrected chi connectivity index (χ0v) is 11.6. The van der Waals surface area contributed by atoms with Crippen LogP contribution in [0.25, 0.3) is 0 Å². The highest BCUT2D eigenvalue weighted by atomic mass is 19.1. The molecule has 1 unspecified atom stereocenters. The molecule has 0 saturated carbocycles. The van der Waals surface area contributed by atoms with Gasteiger partial charge in [0, 0.05) is 12.0 Å². The van der Waals surface area contributed by atoms with Crippen LogP contribution in [-0.2, 0) is 22.6 Å². The summed E-state index contributed by atoms with van der Waals surface area (Å²) in [6.07, 6.45) is 1.74. The number of cyclic esters (lactones) is 1. The van der Waals surface area contributed by atoms with Crippen molar-refractivity contribution in [2.45, 2.75) is 32.0 Å². The number of hydrogen-bond donors (Lipinski definition) is 2. The second-order valence-corrected chi connectivity index (χ2v) is 4.85. The molecule has 0 aromatic heterocycles. The molecule has 2 rings (SSSR count). The number of ether oxygens (including phenoxy) is 2. The Bertz CT molecular complexity index is 567. The van der Waals surface area contributed by atoms with Crippen LogP contribution < -0.4 is 4.74 Å². The molecule has 1 aromatic carbocycles. The Balaban J connectivity index is 2.08. The third-order valence-electron chi connectivity index (χ3n) is 3.36. The summed E-state index contributed by atoms with van der Waals surface area (Å²) in [5.74, 6) is -0.610. The molecule has 21 heavy (non-hydrogen) atoms. The van der Waals surface area contributed by atoms with E-state index in [4.69, 9.17) is 14.6 Å². The molecule has 1 heterocycles. The first-order valence-corrected chi connectivity index (χ1v) is 6.59. The minimum absolute atomic E-state index is 0.00924. The standard InChI is InChI=1S/C15H17FO5/c1-20-14-5-10(8-17)13(16)4-9(14)2-3-12-6-11(18)7-15(19)21-12/h4-5,7,12,17-18H,2-3,6,8H2,1H3. The number of hydrogen-bond acceptors (Lipinski definition) is 5. The fraction of sp³-hybridized carbons (Fsp3) is 0.400. The zero-order valence-electron chi connectivity index (χ0n) is 11.6. The largest absolute Gasteiger partial charge is 0.512 e. The number of methoxy groups -OCH3 is 1. The van der Waals surface area contributed by atoms with E-state index in [0.717, 1.165) is 6.08 Å². The third-order valence-corrected chi connectivity index (χ3v) is 3.36. The number of carbonyl (C=O) groups excluding carboxylic acids is 1. The number of aliphatic hydroxyl groups is 2. The van der Waals surface area contributed by atoms with Crippen molar-refractivity contribution >= 4 is 5.97 Å². The van der Waals surface area contributed by atoms with Crippen LogP contribution in [0.5, 0.6) is 5.75 Å². The molecule has 0 radical (unpaired) electrons. The summed E-state index contributed by atoms with van der Waals surface area (Å²) < 4.78 is 24.0. The lowest BCUT2D eigenvalue weighted by molar-refractivity contribution is -0.145.